The van der Waals surface area contributed by atoms with Gasteiger partial charge in [-0.15, -0.1) is 0 Å². The van der Waals surface area contributed by atoms with E-state index in [0.29, 0.717) is 11.6 Å². The van der Waals surface area contributed by atoms with Crippen molar-refractivity contribution in [2.45, 2.75) is 19.5 Å². The number of nitrogens with one attached hydrogen (secondary N) is 2. The highest BCUT2D eigenvalue weighted by atomic mass is 16.2. The van der Waals surface area contributed by atoms with Gasteiger partial charge >= 0.3 is 6.03 Å². The van der Waals surface area contributed by atoms with E-state index < -0.39 is 0 Å². The fraction of sp³-hybridized carbons (Fsp3) is 0.412. The summed E-state index contributed by atoms with van der Waals surface area (Å²) in [6.07, 6.45) is 3.42. The average Bonchev–Trinajstić information content (AvgIpc) is 3.06. The Morgan fingerprint density at radius 1 is 1.30 bits per heavy atom. The molecule has 6 heteroatoms. The van der Waals surface area contributed by atoms with Crippen LogP contribution in [0, 0.1) is 5.92 Å². The molecule has 0 spiro atoms. The van der Waals surface area contributed by atoms with Gasteiger partial charge < -0.3 is 10.6 Å². The van der Waals surface area contributed by atoms with Gasteiger partial charge in [0, 0.05) is 38.9 Å². The lowest BCUT2D eigenvalue weighted by molar-refractivity contribution is 0.246. The van der Waals surface area contributed by atoms with E-state index in [0.717, 1.165) is 19.6 Å². The predicted molar refractivity (Wildman–Crippen MR) is 90.0 cm³/mol. The van der Waals surface area contributed by atoms with Gasteiger partial charge in [-0.05, 0) is 11.5 Å². The second-order valence-corrected chi connectivity index (χ2v) is 6.26. The van der Waals surface area contributed by atoms with Crippen LogP contribution in [0.5, 0.6) is 0 Å². The first-order valence-electron chi connectivity index (χ1n) is 7.92. The number of aryl methyl sites for hydroxylation is 1. The van der Waals surface area contributed by atoms with E-state index in [9.17, 15) is 4.79 Å². The van der Waals surface area contributed by atoms with Crippen molar-refractivity contribution in [1.29, 1.82) is 0 Å². The summed E-state index contributed by atoms with van der Waals surface area (Å²) in [4.78, 5) is 14.5. The number of likely N-dealkylation sites (tertiary alicyclic amines) is 1. The van der Waals surface area contributed by atoms with Gasteiger partial charge in [0.15, 0.2) is 0 Å². The molecule has 1 fully saturated rings. The second-order valence-electron chi connectivity index (χ2n) is 6.26. The monoisotopic (exact) mass is 313 g/mol. The van der Waals surface area contributed by atoms with Crippen molar-refractivity contribution in [3.8, 4) is 0 Å². The van der Waals surface area contributed by atoms with Crippen LogP contribution >= 0.6 is 0 Å². The van der Waals surface area contributed by atoms with Crippen molar-refractivity contribution < 1.29 is 4.79 Å². The zero-order valence-electron chi connectivity index (χ0n) is 13.6. The molecule has 0 saturated carbocycles. The number of carbonyl (C=O) groups is 1. The van der Waals surface area contributed by atoms with Crippen LogP contribution < -0.4 is 10.6 Å². The highest BCUT2D eigenvalue weighted by Crippen LogP contribution is 2.19. The Kier molecular flexibility index (Phi) is 4.62. The van der Waals surface area contributed by atoms with Crippen molar-refractivity contribution in [2.24, 2.45) is 13.0 Å². The smallest absolute Gasteiger partial charge is 0.319 e. The first-order valence-corrected chi connectivity index (χ1v) is 7.92. The number of rotatable bonds is 4. The van der Waals surface area contributed by atoms with Gasteiger partial charge in [0.2, 0.25) is 0 Å². The van der Waals surface area contributed by atoms with Gasteiger partial charge in [-0.2, -0.15) is 5.10 Å². The van der Waals surface area contributed by atoms with Crippen molar-refractivity contribution in [2.75, 3.05) is 18.4 Å². The molecule has 1 aliphatic heterocycles. The van der Waals surface area contributed by atoms with Crippen molar-refractivity contribution in [3.63, 3.8) is 0 Å². The summed E-state index contributed by atoms with van der Waals surface area (Å²) < 4.78 is 1.66. The standard InChI is InChI=1S/C17H23N5O/c1-13-9-22(10-14-6-4-3-5-7-14)12-16(13)20-17(23)19-15-8-18-21(2)11-15/h3-8,11,13,16H,9-10,12H2,1-2H3,(H2,19,20,23)/t13-,16+/m1/s1. The summed E-state index contributed by atoms with van der Waals surface area (Å²) >= 11 is 0. The third kappa shape index (κ3) is 4.10. The molecular formula is C17H23N5O. The number of urea groups is 1. The normalized spacial score (nSPS) is 21.3. The Labute approximate surface area is 136 Å². The zero-order valence-corrected chi connectivity index (χ0v) is 13.6. The summed E-state index contributed by atoms with van der Waals surface area (Å²) in [5.74, 6) is 0.429. The van der Waals surface area contributed by atoms with E-state index in [4.69, 9.17) is 0 Å². The van der Waals surface area contributed by atoms with Gasteiger partial charge in [-0.25, -0.2) is 4.79 Å². The third-order valence-corrected chi connectivity index (χ3v) is 4.22. The van der Waals surface area contributed by atoms with Crippen LogP contribution in [0.15, 0.2) is 42.7 Å². The number of hydrogen-bond donors (Lipinski definition) is 2. The van der Waals surface area contributed by atoms with Crippen LogP contribution in [0.3, 0.4) is 0 Å². The lowest BCUT2D eigenvalue weighted by Gasteiger charge is -2.17. The van der Waals surface area contributed by atoms with Gasteiger partial charge in [0.1, 0.15) is 0 Å². The van der Waals surface area contributed by atoms with E-state index in [1.54, 1.807) is 17.1 Å². The molecule has 2 atom stereocenters. The quantitative estimate of drug-likeness (QED) is 0.908. The Morgan fingerprint density at radius 2 is 2.09 bits per heavy atom. The summed E-state index contributed by atoms with van der Waals surface area (Å²) in [5.41, 5.74) is 2.01. The summed E-state index contributed by atoms with van der Waals surface area (Å²) in [7, 11) is 1.82. The number of amides is 2. The molecule has 0 radical (unpaired) electrons. The number of hydrogen-bond acceptors (Lipinski definition) is 3. The molecular weight excluding hydrogens is 290 g/mol. The topological polar surface area (TPSA) is 62.2 Å². The number of benzene rings is 1. The number of anilines is 1. The van der Waals surface area contributed by atoms with Crippen LogP contribution in [0.1, 0.15) is 12.5 Å². The van der Waals surface area contributed by atoms with Crippen LogP contribution in [-0.2, 0) is 13.6 Å². The molecule has 0 unspecified atom stereocenters. The van der Waals surface area contributed by atoms with E-state index >= 15 is 0 Å². The fourth-order valence-corrected chi connectivity index (χ4v) is 3.05. The largest absolute Gasteiger partial charge is 0.334 e. The van der Waals surface area contributed by atoms with Gasteiger partial charge in [0.05, 0.1) is 11.9 Å². The fourth-order valence-electron chi connectivity index (χ4n) is 3.05. The molecule has 0 bridgehead atoms. The SMILES string of the molecule is C[C@@H]1CN(Cc2ccccc2)C[C@@H]1NC(=O)Nc1cnn(C)c1. The molecule has 3 rings (SSSR count). The maximum Gasteiger partial charge on any atom is 0.319 e. The van der Waals surface area contributed by atoms with Crippen LogP contribution in [0.2, 0.25) is 0 Å². The van der Waals surface area contributed by atoms with Gasteiger partial charge in [-0.3, -0.25) is 9.58 Å². The minimum atomic E-state index is -0.170. The molecule has 2 N–H and O–H groups in total. The van der Waals surface area contributed by atoms with E-state index in [1.807, 2.05) is 13.1 Å². The average molecular weight is 313 g/mol. The third-order valence-electron chi connectivity index (χ3n) is 4.22. The minimum Gasteiger partial charge on any atom is -0.334 e. The molecule has 1 saturated heterocycles. The Balaban J connectivity index is 1.51. The summed E-state index contributed by atoms with van der Waals surface area (Å²) in [5, 5.41) is 9.94. The van der Waals surface area contributed by atoms with E-state index in [-0.39, 0.29) is 12.1 Å². The van der Waals surface area contributed by atoms with Crippen LogP contribution in [-0.4, -0.2) is 39.8 Å². The molecule has 2 amide bonds. The Hall–Kier alpha value is -2.34. The van der Waals surface area contributed by atoms with Crippen LogP contribution in [0.4, 0.5) is 10.5 Å². The molecule has 0 aliphatic carbocycles. The maximum atomic E-state index is 12.1. The van der Waals surface area contributed by atoms with Crippen LogP contribution in [0.25, 0.3) is 0 Å². The molecule has 122 valence electrons. The summed E-state index contributed by atoms with van der Waals surface area (Å²) in [6, 6.07) is 10.4. The predicted octanol–water partition coefficient (Wildman–Crippen LogP) is 2.06. The molecule has 23 heavy (non-hydrogen) atoms. The number of nitrogens with zero attached hydrogens (tertiary/aromatic N) is 3. The number of aromatic nitrogens is 2. The van der Waals surface area contributed by atoms with Gasteiger partial charge in [0.25, 0.3) is 0 Å². The molecule has 1 aromatic heterocycles. The van der Waals surface area contributed by atoms with Gasteiger partial charge in [-0.1, -0.05) is 37.3 Å². The summed E-state index contributed by atoms with van der Waals surface area (Å²) in [6.45, 7) is 4.97. The van der Waals surface area contributed by atoms with Crippen molar-refractivity contribution >= 4 is 11.7 Å². The van der Waals surface area contributed by atoms with E-state index in [1.165, 1.54) is 5.56 Å². The lowest BCUT2D eigenvalue weighted by atomic mass is 10.1. The molecule has 2 heterocycles. The Morgan fingerprint density at radius 3 is 2.78 bits per heavy atom. The Bertz CT molecular complexity index is 654. The lowest BCUT2D eigenvalue weighted by Crippen LogP contribution is -2.42. The second kappa shape index (κ2) is 6.83. The number of carbonyl (C=O) groups excluding carboxylic acids is 1. The first-order chi connectivity index (χ1) is 11.1. The highest BCUT2D eigenvalue weighted by molar-refractivity contribution is 5.89. The molecule has 1 aromatic carbocycles. The molecule has 1 aliphatic rings. The molecule has 2 aromatic rings. The maximum absolute atomic E-state index is 12.1. The molecule has 6 nitrogen and oxygen atoms in total. The highest BCUT2D eigenvalue weighted by Gasteiger charge is 2.30. The van der Waals surface area contributed by atoms with Crippen molar-refractivity contribution in [3.05, 3.63) is 48.3 Å². The minimum absolute atomic E-state index is 0.162. The first kappa shape index (κ1) is 15.6. The van der Waals surface area contributed by atoms with E-state index in [2.05, 4.69) is 51.8 Å². The zero-order chi connectivity index (χ0) is 16.2. The van der Waals surface area contributed by atoms with Crippen molar-refractivity contribution in [1.82, 2.24) is 20.0 Å².